The predicted molar refractivity (Wildman–Crippen MR) is 50.6 cm³/mol. The molecule has 1 aliphatic heterocycles. The Balaban J connectivity index is 2.25. The van der Waals surface area contributed by atoms with Crippen molar-refractivity contribution in [1.82, 2.24) is 5.32 Å². The highest BCUT2D eigenvalue weighted by molar-refractivity contribution is 5.79. The molecule has 0 spiro atoms. The number of hydrogen-bond acceptors (Lipinski definition) is 2. The highest BCUT2D eigenvalue weighted by atomic mass is 16.1. The highest BCUT2D eigenvalue weighted by Crippen LogP contribution is 2.22. The molecule has 68 valence electrons. The lowest BCUT2D eigenvalue weighted by atomic mass is 9.94. The second kappa shape index (κ2) is 3.09. The Morgan fingerprint density at radius 2 is 2.46 bits per heavy atom. The Morgan fingerprint density at radius 1 is 1.62 bits per heavy atom. The first-order chi connectivity index (χ1) is 6.27. The van der Waals surface area contributed by atoms with Gasteiger partial charge in [-0.1, -0.05) is 18.2 Å². The average Bonchev–Trinajstić information content (AvgIpc) is 2.17. The van der Waals surface area contributed by atoms with Crippen molar-refractivity contribution in [3.05, 3.63) is 35.6 Å². The van der Waals surface area contributed by atoms with Crippen LogP contribution < -0.4 is 11.1 Å². The number of carbonyl (C=O) groups excluding carboxylic acids is 1. The summed E-state index contributed by atoms with van der Waals surface area (Å²) in [5, 5.41) is 3.19. The second-order valence-electron chi connectivity index (χ2n) is 3.29. The van der Waals surface area contributed by atoms with Gasteiger partial charge in [-0.25, -0.2) is 0 Å². The minimum absolute atomic E-state index is 0.154. The summed E-state index contributed by atoms with van der Waals surface area (Å²) in [7, 11) is 0. The second-order valence-corrected chi connectivity index (χ2v) is 3.29. The number of primary amides is 1. The van der Waals surface area contributed by atoms with Gasteiger partial charge in [-0.15, -0.1) is 0 Å². The molecule has 3 heteroatoms. The summed E-state index contributed by atoms with van der Waals surface area (Å²) in [6.07, 6.45) is 8.97. The van der Waals surface area contributed by atoms with E-state index in [1.807, 2.05) is 18.2 Å². The molecular formula is C10H12N2O. The molecule has 0 saturated carbocycles. The van der Waals surface area contributed by atoms with Gasteiger partial charge < -0.3 is 11.1 Å². The molecule has 2 aliphatic rings. The lowest BCUT2D eigenvalue weighted by molar-refractivity contribution is -0.120. The molecule has 0 aromatic heterocycles. The van der Waals surface area contributed by atoms with E-state index in [4.69, 9.17) is 5.73 Å². The summed E-state index contributed by atoms with van der Waals surface area (Å²) >= 11 is 0. The predicted octanol–water partition coefficient (Wildman–Crippen LogP) is 0.461. The first-order valence-electron chi connectivity index (χ1n) is 4.38. The molecule has 1 unspecified atom stereocenters. The zero-order valence-electron chi connectivity index (χ0n) is 7.29. The Bertz CT molecular complexity index is 326. The smallest absolute Gasteiger partial charge is 0.226 e. The topological polar surface area (TPSA) is 55.1 Å². The van der Waals surface area contributed by atoms with Gasteiger partial charge in [-0.05, 0) is 18.1 Å². The minimum Gasteiger partial charge on any atom is -0.384 e. The van der Waals surface area contributed by atoms with Crippen molar-refractivity contribution in [3.63, 3.8) is 0 Å². The van der Waals surface area contributed by atoms with Crippen molar-refractivity contribution in [2.75, 3.05) is 6.54 Å². The van der Waals surface area contributed by atoms with E-state index in [9.17, 15) is 4.79 Å². The number of nitrogens with two attached hydrogens (primary N) is 1. The number of rotatable bonds is 1. The number of fused-ring (bicyclic) bond motifs is 1. The Labute approximate surface area is 77.0 Å². The van der Waals surface area contributed by atoms with Crippen LogP contribution in [0.2, 0.25) is 0 Å². The van der Waals surface area contributed by atoms with E-state index in [0.717, 1.165) is 12.1 Å². The first-order valence-corrected chi connectivity index (χ1v) is 4.38. The number of allylic oxidation sites excluding steroid dienone is 4. The van der Waals surface area contributed by atoms with Crippen LogP contribution in [-0.2, 0) is 4.79 Å². The summed E-state index contributed by atoms with van der Waals surface area (Å²) in [6.45, 7) is 0.624. The van der Waals surface area contributed by atoms with E-state index in [0.29, 0.717) is 6.54 Å². The molecule has 0 bridgehead atoms. The molecule has 1 atom stereocenters. The van der Waals surface area contributed by atoms with Gasteiger partial charge in [0.25, 0.3) is 0 Å². The molecule has 1 heterocycles. The van der Waals surface area contributed by atoms with E-state index in [1.54, 1.807) is 0 Å². The fourth-order valence-electron chi connectivity index (χ4n) is 1.61. The number of carbonyl (C=O) groups is 1. The first kappa shape index (κ1) is 8.10. The van der Waals surface area contributed by atoms with Crippen LogP contribution in [0.1, 0.15) is 6.42 Å². The summed E-state index contributed by atoms with van der Waals surface area (Å²) in [5.41, 5.74) is 7.53. The summed E-state index contributed by atoms with van der Waals surface area (Å²) < 4.78 is 0. The fourth-order valence-corrected chi connectivity index (χ4v) is 1.61. The maximum Gasteiger partial charge on any atom is 0.226 e. The molecule has 0 saturated heterocycles. The minimum atomic E-state index is -0.256. The zero-order valence-corrected chi connectivity index (χ0v) is 7.29. The maximum absolute atomic E-state index is 10.9. The third kappa shape index (κ3) is 1.49. The Kier molecular flexibility index (Phi) is 1.93. The highest BCUT2D eigenvalue weighted by Gasteiger charge is 2.20. The van der Waals surface area contributed by atoms with Gasteiger partial charge in [0.15, 0.2) is 0 Å². The standard InChI is InChI=1S/C10H12N2O/c11-10(13)8-5-7-3-1-2-4-9(7)12-6-8/h1-2,4-5,8,12H,3,6H2,(H2,11,13). The van der Waals surface area contributed by atoms with Gasteiger partial charge >= 0.3 is 0 Å². The third-order valence-corrected chi connectivity index (χ3v) is 2.36. The van der Waals surface area contributed by atoms with E-state index in [1.165, 1.54) is 5.57 Å². The van der Waals surface area contributed by atoms with Crippen LogP contribution in [0.15, 0.2) is 35.6 Å². The summed E-state index contributed by atoms with van der Waals surface area (Å²) in [6, 6.07) is 0. The van der Waals surface area contributed by atoms with Gasteiger partial charge in [-0.2, -0.15) is 0 Å². The molecule has 1 aliphatic carbocycles. The van der Waals surface area contributed by atoms with Crippen molar-refractivity contribution in [2.24, 2.45) is 11.7 Å². The molecule has 3 nitrogen and oxygen atoms in total. The zero-order chi connectivity index (χ0) is 9.26. The van der Waals surface area contributed by atoms with Gasteiger partial charge in [-0.3, -0.25) is 4.79 Å². The number of nitrogens with one attached hydrogen (secondary N) is 1. The van der Waals surface area contributed by atoms with Crippen LogP contribution in [0.5, 0.6) is 0 Å². The van der Waals surface area contributed by atoms with Crippen LogP contribution in [0.4, 0.5) is 0 Å². The normalized spacial score (nSPS) is 25.4. The molecule has 3 N–H and O–H groups in total. The van der Waals surface area contributed by atoms with Gasteiger partial charge in [0.2, 0.25) is 5.91 Å². The summed E-state index contributed by atoms with van der Waals surface area (Å²) in [5.74, 6) is -0.410. The number of amides is 1. The largest absolute Gasteiger partial charge is 0.384 e. The van der Waals surface area contributed by atoms with Crippen molar-refractivity contribution >= 4 is 5.91 Å². The average molecular weight is 176 g/mol. The Morgan fingerprint density at radius 3 is 3.23 bits per heavy atom. The van der Waals surface area contributed by atoms with Crippen molar-refractivity contribution in [2.45, 2.75) is 6.42 Å². The van der Waals surface area contributed by atoms with Crippen molar-refractivity contribution in [3.8, 4) is 0 Å². The van der Waals surface area contributed by atoms with Crippen LogP contribution in [0.25, 0.3) is 0 Å². The van der Waals surface area contributed by atoms with Gasteiger partial charge in [0, 0.05) is 12.2 Å². The van der Waals surface area contributed by atoms with Crippen molar-refractivity contribution in [1.29, 1.82) is 0 Å². The van der Waals surface area contributed by atoms with E-state index >= 15 is 0 Å². The quantitative estimate of drug-likeness (QED) is 0.610. The molecule has 0 aromatic carbocycles. The lowest BCUT2D eigenvalue weighted by Gasteiger charge is -2.24. The van der Waals surface area contributed by atoms with Crippen LogP contribution >= 0.6 is 0 Å². The lowest BCUT2D eigenvalue weighted by Crippen LogP contribution is -2.35. The molecule has 2 rings (SSSR count). The number of hydrogen-bond donors (Lipinski definition) is 2. The van der Waals surface area contributed by atoms with E-state index < -0.39 is 0 Å². The van der Waals surface area contributed by atoms with E-state index in [-0.39, 0.29) is 11.8 Å². The van der Waals surface area contributed by atoms with Crippen LogP contribution in [0, 0.1) is 5.92 Å². The molecular weight excluding hydrogens is 164 g/mol. The molecule has 0 radical (unpaired) electrons. The summed E-state index contributed by atoms with van der Waals surface area (Å²) in [4.78, 5) is 10.9. The van der Waals surface area contributed by atoms with Crippen LogP contribution in [0.3, 0.4) is 0 Å². The molecule has 13 heavy (non-hydrogen) atoms. The molecule has 0 aromatic rings. The van der Waals surface area contributed by atoms with Crippen LogP contribution in [-0.4, -0.2) is 12.5 Å². The fraction of sp³-hybridized carbons (Fsp3) is 0.300. The maximum atomic E-state index is 10.9. The molecule has 1 amide bonds. The monoisotopic (exact) mass is 176 g/mol. The van der Waals surface area contributed by atoms with Crippen molar-refractivity contribution < 1.29 is 4.79 Å². The SMILES string of the molecule is NC(=O)C1C=C2CC=CC=C2NC1. The Hall–Kier alpha value is -1.51. The third-order valence-electron chi connectivity index (χ3n) is 2.36. The van der Waals surface area contributed by atoms with Gasteiger partial charge in [0.05, 0.1) is 5.92 Å². The molecule has 0 fully saturated rings. The van der Waals surface area contributed by atoms with Gasteiger partial charge in [0.1, 0.15) is 0 Å². The van der Waals surface area contributed by atoms with E-state index in [2.05, 4.69) is 11.4 Å².